The molecule has 3 atom stereocenters. The van der Waals surface area contributed by atoms with E-state index in [-0.39, 0.29) is 12.6 Å². The van der Waals surface area contributed by atoms with Gasteiger partial charge in [0.1, 0.15) is 6.04 Å². The molecule has 3 N–H and O–H groups in total. The molecule has 0 spiro atoms. The molecule has 1 heterocycles. The Kier molecular flexibility index (Phi) is 3.14. The van der Waals surface area contributed by atoms with Gasteiger partial charge in [0.25, 0.3) is 0 Å². The first kappa shape index (κ1) is 11.4. The molecular formula is C11H18N2O3. The topological polar surface area (TPSA) is 83.6 Å². The number of carboxylic acids is 1. The smallest absolute Gasteiger partial charge is 0.320 e. The molecule has 2 fully saturated rings. The number of likely N-dealkylation sites (tertiary alicyclic amines) is 1. The number of carbonyl (C=O) groups is 2. The van der Waals surface area contributed by atoms with Gasteiger partial charge in [0.05, 0.1) is 6.54 Å². The van der Waals surface area contributed by atoms with Gasteiger partial charge >= 0.3 is 5.97 Å². The van der Waals surface area contributed by atoms with Crippen molar-refractivity contribution in [2.75, 3.05) is 6.54 Å². The summed E-state index contributed by atoms with van der Waals surface area (Å²) in [4.78, 5) is 23.9. The van der Waals surface area contributed by atoms with Crippen LogP contribution in [0, 0.1) is 5.92 Å². The molecule has 5 nitrogen and oxygen atoms in total. The number of nitrogens with two attached hydrogens (primary N) is 1. The van der Waals surface area contributed by atoms with Gasteiger partial charge in [0.2, 0.25) is 5.91 Å². The maximum atomic E-state index is 11.1. The van der Waals surface area contributed by atoms with Crippen molar-refractivity contribution in [1.29, 1.82) is 0 Å². The van der Waals surface area contributed by atoms with E-state index in [0.29, 0.717) is 12.3 Å². The van der Waals surface area contributed by atoms with Crippen LogP contribution in [0.15, 0.2) is 0 Å². The summed E-state index contributed by atoms with van der Waals surface area (Å²) in [5, 5.41) is 9.15. The van der Waals surface area contributed by atoms with E-state index in [0.717, 1.165) is 19.3 Å². The number of rotatable bonds is 3. The summed E-state index contributed by atoms with van der Waals surface area (Å²) in [7, 11) is 0. The summed E-state index contributed by atoms with van der Waals surface area (Å²) in [5.41, 5.74) is 5.18. The Hall–Kier alpha value is -1.10. The second-order valence-electron chi connectivity index (χ2n) is 4.84. The summed E-state index contributed by atoms with van der Waals surface area (Å²) >= 11 is 0. The molecule has 90 valence electrons. The molecule has 1 amide bonds. The van der Waals surface area contributed by atoms with E-state index < -0.39 is 17.9 Å². The summed E-state index contributed by atoms with van der Waals surface area (Å²) in [6, 6.07) is -0.261. The standard InChI is InChI=1S/C11H18N2O3/c12-10(14)6-13-8-4-2-1-3-7(8)5-9(13)11(15)16/h7-9H,1-6H2,(H2,12,14)(H,15,16). The number of carbonyl (C=O) groups excluding carboxylic acids is 1. The molecule has 1 saturated heterocycles. The fourth-order valence-corrected chi connectivity index (χ4v) is 3.20. The highest BCUT2D eigenvalue weighted by molar-refractivity contribution is 5.79. The Bertz CT molecular complexity index is 306. The largest absolute Gasteiger partial charge is 0.480 e. The van der Waals surface area contributed by atoms with Gasteiger partial charge in [-0.15, -0.1) is 0 Å². The minimum Gasteiger partial charge on any atom is -0.480 e. The highest BCUT2D eigenvalue weighted by Crippen LogP contribution is 2.39. The SMILES string of the molecule is NC(=O)CN1C(C(=O)O)CC2CCCCC21. The second kappa shape index (κ2) is 4.41. The Morgan fingerprint density at radius 2 is 2.00 bits per heavy atom. The molecule has 0 aromatic heterocycles. The Morgan fingerprint density at radius 1 is 1.31 bits per heavy atom. The van der Waals surface area contributed by atoms with Crippen molar-refractivity contribution in [2.45, 2.75) is 44.2 Å². The molecule has 2 aliphatic rings. The van der Waals surface area contributed by atoms with Crippen LogP contribution in [0.1, 0.15) is 32.1 Å². The van der Waals surface area contributed by atoms with Crippen LogP contribution in [-0.2, 0) is 9.59 Å². The van der Waals surface area contributed by atoms with Gasteiger partial charge in [-0.1, -0.05) is 12.8 Å². The highest BCUT2D eigenvalue weighted by Gasteiger charge is 2.45. The van der Waals surface area contributed by atoms with Gasteiger partial charge < -0.3 is 10.8 Å². The predicted molar refractivity (Wildman–Crippen MR) is 57.7 cm³/mol. The fourth-order valence-electron chi connectivity index (χ4n) is 3.20. The zero-order valence-electron chi connectivity index (χ0n) is 9.26. The van der Waals surface area contributed by atoms with Crippen molar-refractivity contribution < 1.29 is 14.7 Å². The van der Waals surface area contributed by atoms with E-state index >= 15 is 0 Å². The van der Waals surface area contributed by atoms with Crippen LogP contribution in [0.25, 0.3) is 0 Å². The van der Waals surface area contributed by atoms with Crippen molar-refractivity contribution >= 4 is 11.9 Å². The number of hydrogen-bond acceptors (Lipinski definition) is 3. The molecule has 3 unspecified atom stereocenters. The molecule has 5 heteroatoms. The monoisotopic (exact) mass is 226 g/mol. The number of primary amides is 1. The number of hydrogen-bond donors (Lipinski definition) is 2. The third kappa shape index (κ3) is 2.04. The minimum absolute atomic E-state index is 0.0815. The lowest BCUT2D eigenvalue weighted by molar-refractivity contribution is -0.143. The number of fused-ring (bicyclic) bond motifs is 1. The Labute approximate surface area is 94.6 Å². The van der Waals surface area contributed by atoms with Crippen LogP contribution in [-0.4, -0.2) is 40.5 Å². The summed E-state index contributed by atoms with van der Waals surface area (Å²) in [5.74, 6) is -0.817. The molecule has 1 saturated carbocycles. The van der Waals surface area contributed by atoms with E-state index in [4.69, 9.17) is 10.8 Å². The van der Waals surface area contributed by atoms with Crippen LogP contribution in [0.4, 0.5) is 0 Å². The van der Waals surface area contributed by atoms with Gasteiger partial charge in [0, 0.05) is 6.04 Å². The molecule has 0 radical (unpaired) electrons. The maximum absolute atomic E-state index is 11.1. The lowest BCUT2D eigenvalue weighted by Gasteiger charge is -2.31. The number of nitrogens with zero attached hydrogens (tertiary/aromatic N) is 1. The van der Waals surface area contributed by atoms with Crippen LogP contribution < -0.4 is 5.73 Å². The van der Waals surface area contributed by atoms with Crippen LogP contribution >= 0.6 is 0 Å². The number of amides is 1. The van der Waals surface area contributed by atoms with Crippen molar-refractivity contribution in [1.82, 2.24) is 4.90 Å². The zero-order valence-corrected chi connectivity index (χ0v) is 9.26. The average molecular weight is 226 g/mol. The van der Waals surface area contributed by atoms with Gasteiger partial charge in [-0.3, -0.25) is 14.5 Å². The van der Waals surface area contributed by atoms with Crippen molar-refractivity contribution in [2.24, 2.45) is 11.7 Å². The van der Waals surface area contributed by atoms with Crippen molar-refractivity contribution in [3.8, 4) is 0 Å². The second-order valence-corrected chi connectivity index (χ2v) is 4.84. The number of carboxylic acid groups (broad SMARTS) is 1. The van der Waals surface area contributed by atoms with Crippen molar-refractivity contribution in [3.05, 3.63) is 0 Å². The van der Waals surface area contributed by atoms with Gasteiger partial charge in [0.15, 0.2) is 0 Å². The predicted octanol–water partition coefficient (Wildman–Crippen LogP) is 0.189. The molecule has 0 bridgehead atoms. The Morgan fingerprint density at radius 3 is 2.62 bits per heavy atom. The molecular weight excluding hydrogens is 208 g/mol. The zero-order chi connectivity index (χ0) is 11.7. The minimum atomic E-state index is -0.823. The van der Waals surface area contributed by atoms with Gasteiger partial charge in [-0.05, 0) is 25.2 Å². The molecule has 1 aliphatic heterocycles. The normalized spacial score (nSPS) is 34.6. The number of aliphatic carboxylic acids is 1. The average Bonchev–Trinajstić information content (AvgIpc) is 2.57. The summed E-state index contributed by atoms with van der Waals surface area (Å²) in [6.45, 7) is 0.0815. The fraction of sp³-hybridized carbons (Fsp3) is 0.818. The van der Waals surface area contributed by atoms with E-state index in [1.165, 1.54) is 6.42 Å². The molecule has 2 rings (SSSR count). The van der Waals surface area contributed by atoms with E-state index in [1.54, 1.807) is 4.90 Å². The first-order valence-corrected chi connectivity index (χ1v) is 5.86. The van der Waals surface area contributed by atoms with Gasteiger partial charge in [-0.2, -0.15) is 0 Å². The van der Waals surface area contributed by atoms with E-state index in [2.05, 4.69) is 0 Å². The lowest BCUT2D eigenvalue weighted by Crippen LogP contribution is -2.46. The summed E-state index contributed by atoms with van der Waals surface area (Å²) in [6.07, 6.45) is 5.07. The summed E-state index contributed by atoms with van der Waals surface area (Å²) < 4.78 is 0. The third-order valence-electron chi connectivity index (χ3n) is 3.84. The van der Waals surface area contributed by atoms with E-state index in [9.17, 15) is 9.59 Å². The third-order valence-corrected chi connectivity index (χ3v) is 3.84. The first-order chi connectivity index (χ1) is 7.59. The van der Waals surface area contributed by atoms with Crippen LogP contribution in [0.3, 0.4) is 0 Å². The van der Waals surface area contributed by atoms with Crippen LogP contribution in [0.5, 0.6) is 0 Å². The van der Waals surface area contributed by atoms with Crippen molar-refractivity contribution in [3.63, 3.8) is 0 Å². The maximum Gasteiger partial charge on any atom is 0.320 e. The molecule has 16 heavy (non-hydrogen) atoms. The lowest BCUT2D eigenvalue weighted by atomic mass is 9.85. The molecule has 1 aliphatic carbocycles. The quantitative estimate of drug-likeness (QED) is 0.719. The Balaban J connectivity index is 2.14. The van der Waals surface area contributed by atoms with Crippen LogP contribution in [0.2, 0.25) is 0 Å². The molecule has 0 aromatic carbocycles. The molecule has 0 aromatic rings. The first-order valence-electron chi connectivity index (χ1n) is 5.86. The highest BCUT2D eigenvalue weighted by atomic mass is 16.4. The van der Waals surface area contributed by atoms with E-state index in [1.807, 2.05) is 0 Å². The van der Waals surface area contributed by atoms with Gasteiger partial charge in [-0.25, -0.2) is 0 Å².